The van der Waals surface area contributed by atoms with Crippen molar-refractivity contribution in [3.05, 3.63) is 41.5 Å². The number of fused-ring (bicyclic) bond motifs is 5. The van der Waals surface area contributed by atoms with E-state index in [1.54, 1.807) is 30.3 Å². The molecule has 0 heterocycles. The van der Waals surface area contributed by atoms with Crippen LogP contribution < -0.4 is 15.4 Å². The van der Waals surface area contributed by atoms with Crippen molar-refractivity contribution in [2.75, 3.05) is 17.2 Å². The van der Waals surface area contributed by atoms with Crippen molar-refractivity contribution in [2.45, 2.75) is 141 Å². The first-order valence-electron chi connectivity index (χ1n) is 16.9. The molecule has 0 radical (unpaired) electrons. The second kappa shape index (κ2) is 16.7. The maximum atomic E-state index is 13.4. The zero-order chi connectivity index (χ0) is 29.7. The number of nitrogen functional groups attached to an aromatic ring is 1. The predicted octanol–water partition coefficient (Wildman–Crippen LogP) is 10.3. The Bertz CT molecular complexity index is 1130. The van der Waals surface area contributed by atoms with Crippen LogP contribution in [0.25, 0.3) is 0 Å². The van der Waals surface area contributed by atoms with E-state index in [0.29, 0.717) is 29.6 Å². The van der Waals surface area contributed by atoms with Crippen LogP contribution in [0.2, 0.25) is 0 Å². The van der Waals surface area contributed by atoms with Crippen LogP contribution in [0.3, 0.4) is 0 Å². The van der Waals surface area contributed by atoms with E-state index in [1.165, 1.54) is 88.4 Å². The first-order valence-corrected chi connectivity index (χ1v) is 16.9. The molecule has 1 saturated carbocycles. The Morgan fingerprint density at radius 1 is 0.810 bits per heavy atom. The van der Waals surface area contributed by atoms with Gasteiger partial charge in [-0.05, 0) is 49.7 Å². The van der Waals surface area contributed by atoms with Gasteiger partial charge >= 0.3 is 6.09 Å². The maximum Gasteiger partial charge on any atom is 0.419 e. The molecule has 0 saturated heterocycles. The molecule has 2 unspecified atom stereocenters. The summed E-state index contributed by atoms with van der Waals surface area (Å²) in [6.45, 7) is 2.69. The summed E-state index contributed by atoms with van der Waals surface area (Å²) in [5.41, 5.74) is 8.44. The average Bonchev–Trinajstić information content (AvgIpc) is 3.60. The van der Waals surface area contributed by atoms with E-state index >= 15 is 0 Å². The highest BCUT2D eigenvalue weighted by Gasteiger charge is 2.42. The summed E-state index contributed by atoms with van der Waals surface area (Å²) in [5, 5.41) is 22.3. The molecule has 232 valence electrons. The first-order chi connectivity index (χ1) is 20.5. The molecule has 4 rings (SSSR count). The van der Waals surface area contributed by atoms with Crippen molar-refractivity contribution in [1.29, 1.82) is 0 Å². The third-order valence-electron chi connectivity index (χ3n) is 9.40. The zero-order valence-corrected chi connectivity index (χ0v) is 25.9. The third kappa shape index (κ3) is 8.81. The van der Waals surface area contributed by atoms with E-state index in [2.05, 4.69) is 6.92 Å². The number of rotatable bonds is 19. The summed E-state index contributed by atoms with van der Waals surface area (Å²) in [4.78, 5) is 14.9. The number of hydrogen-bond donors (Lipinski definition) is 3. The molecule has 0 spiro atoms. The van der Waals surface area contributed by atoms with Crippen molar-refractivity contribution in [2.24, 2.45) is 0 Å². The number of carbonyl (C=O) groups excluding carboxylic acids is 1. The standard InChI is InChI=1S/C36H54N2O4/c1-2-3-4-5-6-7-8-9-10-11-12-13-14-15-16-17-23-38(36(41)42-30-20-18-19-29(37)25-30)31-26-32(39)33-27-21-22-28(24-27)34(33)35(31)40/h18-20,25-28,39-40H,2-17,21-24,37H2,1H3. The number of nitrogens with zero attached hydrogens (tertiary/aromatic N) is 1. The minimum absolute atomic E-state index is 0.121. The van der Waals surface area contributed by atoms with Crippen molar-refractivity contribution < 1.29 is 19.7 Å². The number of hydrogen-bond acceptors (Lipinski definition) is 5. The van der Waals surface area contributed by atoms with Gasteiger partial charge in [-0.1, -0.05) is 109 Å². The van der Waals surface area contributed by atoms with Crippen LogP contribution in [0.1, 0.15) is 152 Å². The summed E-state index contributed by atoms with van der Waals surface area (Å²) < 4.78 is 5.68. The fourth-order valence-electron chi connectivity index (χ4n) is 7.10. The highest BCUT2D eigenvalue weighted by molar-refractivity contribution is 5.92. The Labute approximate surface area is 253 Å². The zero-order valence-electron chi connectivity index (χ0n) is 25.9. The van der Waals surface area contributed by atoms with Gasteiger partial charge in [-0.15, -0.1) is 0 Å². The Kier molecular flexibility index (Phi) is 12.7. The number of carbonyl (C=O) groups is 1. The number of nitrogens with two attached hydrogens (primary N) is 1. The maximum absolute atomic E-state index is 13.4. The van der Waals surface area contributed by atoms with Gasteiger partial charge in [-0.2, -0.15) is 0 Å². The van der Waals surface area contributed by atoms with Gasteiger partial charge in [-0.3, -0.25) is 4.90 Å². The second-order valence-electron chi connectivity index (χ2n) is 12.7. The molecule has 2 bridgehead atoms. The molecule has 2 aliphatic carbocycles. The average molecular weight is 579 g/mol. The quantitative estimate of drug-likeness (QED) is 0.0875. The highest BCUT2D eigenvalue weighted by atomic mass is 16.6. The summed E-state index contributed by atoms with van der Waals surface area (Å²) in [6, 6.07) is 8.35. The van der Waals surface area contributed by atoms with Crippen molar-refractivity contribution in [3.8, 4) is 17.2 Å². The normalized spacial score (nSPS) is 17.0. The minimum Gasteiger partial charge on any atom is -0.508 e. The lowest BCUT2D eigenvalue weighted by Gasteiger charge is -2.27. The first kappa shape index (κ1) is 32.0. The fraction of sp³-hybridized carbons (Fsp3) is 0.639. The van der Waals surface area contributed by atoms with Gasteiger partial charge < -0.3 is 20.7 Å². The van der Waals surface area contributed by atoms with E-state index in [4.69, 9.17) is 10.5 Å². The highest BCUT2D eigenvalue weighted by Crippen LogP contribution is 2.60. The van der Waals surface area contributed by atoms with E-state index in [9.17, 15) is 15.0 Å². The number of unbranched alkanes of at least 4 members (excludes halogenated alkanes) is 15. The summed E-state index contributed by atoms with van der Waals surface area (Å²) >= 11 is 0. The lowest BCUT2D eigenvalue weighted by molar-refractivity contribution is 0.207. The number of phenolic OH excluding ortho intramolecular Hbond substituents is 2. The Morgan fingerprint density at radius 2 is 1.36 bits per heavy atom. The molecule has 6 heteroatoms. The molecule has 42 heavy (non-hydrogen) atoms. The number of ether oxygens (including phenoxy) is 1. The third-order valence-corrected chi connectivity index (χ3v) is 9.40. The molecule has 0 aliphatic heterocycles. The number of amides is 1. The molecule has 2 atom stereocenters. The molecule has 0 aromatic heterocycles. The monoisotopic (exact) mass is 578 g/mol. The van der Waals surface area contributed by atoms with E-state index in [1.807, 2.05) is 0 Å². The van der Waals surface area contributed by atoms with Crippen LogP contribution in [0.15, 0.2) is 30.3 Å². The van der Waals surface area contributed by atoms with Gasteiger partial charge in [0, 0.05) is 35.5 Å². The van der Waals surface area contributed by atoms with Crippen LogP contribution in [0, 0.1) is 0 Å². The van der Waals surface area contributed by atoms with Gasteiger partial charge in [0.1, 0.15) is 17.2 Å². The van der Waals surface area contributed by atoms with Gasteiger partial charge in [0.25, 0.3) is 0 Å². The van der Waals surface area contributed by atoms with Gasteiger partial charge in [0.2, 0.25) is 0 Å². The van der Waals surface area contributed by atoms with Gasteiger partial charge in [0.05, 0.1) is 5.69 Å². The van der Waals surface area contributed by atoms with E-state index in [0.717, 1.165) is 49.7 Å². The fourth-order valence-corrected chi connectivity index (χ4v) is 7.10. The molecule has 6 nitrogen and oxygen atoms in total. The second-order valence-corrected chi connectivity index (χ2v) is 12.7. The van der Waals surface area contributed by atoms with Crippen molar-refractivity contribution >= 4 is 17.5 Å². The Morgan fingerprint density at radius 3 is 1.93 bits per heavy atom. The van der Waals surface area contributed by atoms with Crippen molar-refractivity contribution in [3.63, 3.8) is 0 Å². The molecular formula is C36H54N2O4. The number of anilines is 2. The van der Waals surface area contributed by atoms with Crippen LogP contribution in [-0.2, 0) is 0 Å². The van der Waals surface area contributed by atoms with Crippen LogP contribution in [0.5, 0.6) is 17.2 Å². The van der Waals surface area contributed by atoms with E-state index < -0.39 is 6.09 Å². The number of aromatic hydroxyl groups is 2. The molecule has 1 amide bonds. The van der Waals surface area contributed by atoms with Gasteiger partial charge in [-0.25, -0.2) is 4.79 Å². The molecular weight excluding hydrogens is 524 g/mol. The molecule has 2 aromatic rings. The Balaban J connectivity index is 1.22. The number of phenols is 2. The largest absolute Gasteiger partial charge is 0.508 e. The summed E-state index contributed by atoms with van der Waals surface area (Å²) in [7, 11) is 0. The summed E-state index contributed by atoms with van der Waals surface area (Å²) in [5.74, 6) is 1.21. The van der Waals surface area contributed by atoms with E-state index in [-0.39, 0.29) is 17.4 Å². The van der Waals surface area contributed by atoms with Gasteiger partial charge in [0.15, 0.2) is 0 Å². The molecule has 2 aliphatic rings. The Hall–Kier alpha value is -2.89. The van der Waals surface area contributed by atoms with Crippen molar-refractivity contribution in [1.82, 2.24) is 0 Å². The van der Waals surface area contributed by atoms with Crippen LogP contribution in [0.4, 0.5) is 16.2 Å². The van der Waals surface area contributed by atoms with Crippen LogP contribution >= 0.6 is 0 Å². The molecule has 1 fully saturated rings. The topological polar surface area (TPSA) is 96.0 Å². The minimum atomic E-state index is -0.570. The smallest absolute Gasteiger partial charge is 0.419 e. The summed E-state index contributed by atoms with van der Waals surface area (Å²) in [6.07, 6.45) is 23.0. The molecule has 4 N–H and O–H groups in total. The SMILES string of the molecule is CCCCCCCCCCCCCCCCCCN(C(=O)Oc1cccc(N)c1)c1cc(O)c2c(c1O)C1CCC2C1. The van der Waals surface area contributed by atoms with Crippen LogP contribution in [-0.4, -0.2) is 22.9 Å². The molecule has 2 aromatic carbocycles. The number of benzene rings is 2. The predicted molar refractivity (Wildman–Crippen MR) is 173 cm³/mol. The lowest BCUT2D eigenvalue weighted by Crippen LogP contribution is -2.34. The lowest BCUT2D eigenvalue weighted by atomic mass is 9.89.